The lowest BCUT2D eigenvalue weighted by Gasteiger charge is -2.16. The first-order chi connectivity index (χ1) is 19.4. The van der Waals surface area contributed by atoms with Crippen molar-refractivity contribution in [1.82, 2.24) is 34.1 Å². The summed E-state index contributed by atoms with van der Waals surface area (Å²) in [5.74, 6) is 0.798. The number of benzene rings is 1. The van der Waals surface area contributed by atoms with Gasteiger partial charge in [0.25, 0.3) is 0 Å². The Bertz CT molecular complexity index is 1660. The molecule has 1 unspecified atom stereocenters. The molecule has 0 amide bonds. The number of pyridine rings is 1. The van der Waals surface area contributed by atoms with E-state index in [4.69, 9.17) is 14.9 Å². The minimum absolute atomic E-state index is 0.0900. The maximum Gasteiger partial charge on any atom is 0.315 e. The average Bonchev–Trinajstić information content (AvgIpc) is 3.71. The van der Waals surface area contributed by atoms with E-state index in [1.54, 1.807) is 15.2 Å². The Morgan fingerprint density at radius 2 is 1.77 bits per heavy atom. The summed E-state index contributed by atoms with van der Waals surface area (Å²) in [6.45, 7) is 7.46. The van der Waals surface area contributed by atoms with E-state index in [9.17, 15) is 5.11 Å². The molecule has 5 aromatic rings. The highest BCUT2D eigenvalue weighted by molar-refractivity contribution is 5.77. The van der Waals surface area contributed by atoms with E-state index in [-0.39, 0.29) is 12.5 Å². The summed E-state index contributed by atoms with van der Waals surface area (Å²) < 4.78 is 9.57. The van der Waals surface area contributed by atoms with Crippen molar-refractivity contribution in [3.8, 4) is 11.5 Å². The quantitative estimate of drug-likeness (QED) is 0.200. The van der Waals surface area contributed by atoms with Crippen molar-refractivity contribution < 1.29 is 20.1 Å². The molecule has 0 spiro atoms. The van der Waals surface area contributed by atoms with Crippen LogP contribution < -0.4 is 10.1 Å². The fourth-order valence-corrected chi connectivity index (χ4v) is 4.88. The molecule has 4 N–H and O–H groups in total. The van der Waals surface area contributed by atoms with E-state index in [1.165, 1.54) is 12.7 Å². The zero-order valence-electron chi connectivity index (χ0n) is 22.6. The van der Waals surface area contributed by atoms with Gasteiger partial charge in [0.2, 0.25) is 0 Å². The van der Waals surface area contributed by atoms with Gasteiger partial charge in [-0.1, -0.05) is 13.8 Å². The number of ether oxygens (including phenoxy) is 1. The molecule has 12 heteroatoms. The lowest BCUT2D eigenvalue weighted by atomic mass is 9.99. The minimum Gasteiger partial charge on any atom is -0.505 e. The number of aliphatic hydroxyl groups excluding tert-OH is 2. The van der Waals surface area contributed by atoms with E-state index in [2.05, 4.69) is 25.5 Å². The number of hydrogen-bond acceptors (Lipinski definition) is 10. The normalized spacial score (nSPS) is 15.1. The molecule has 1 fully saturated rings. The molecule has 208 valence electrons. The molecule has 0 aliphatic carbocycles. The second-order valence-corrected chi connectivity index (χ2v) is 9.30. The molecule has 4 aromatic heterocycles. The zero-order valence-corrected chi connectivity index (χ0v) is 22.6. The highest BCUT2D eigenvalue weighted by Gasteiger charge is 2.28. The Labute approximate surface area is 230 Å². The van der Waals surface area contributed by atoms with E-state index >= 15 is 0 Å². The highest BCUT2D eigenvalue weighted by Crippen LogP contribution is 2.35. The van der Waals surface area contributed by atoms with Gasteiger partial charge in [0, 0.05) is 36.6 Å². The van der Waals surface area contributed by atoms with Crippen LogP contribution in [0.4, 0.5) is 11.5 Å². The number of hydrogen-bond donors (Lipinski definition) is 4. The fourth-order valence-electron chi connectivity index (χ4n) is 4.88. The fraction of sp³-hybridized carbons (Fsp3) is 0.286. The summed E-state index contributed by atoms with van der Waals surface area (Å²) in [5, 5.41) is 39.8. The van der Waals surface area contributed by atoms with Crippen LogP contribution in [-0.2, 0) is 0 Å². The number of aromatic nitrogens is 6. The lowest BCUT2D eigenvalue weighted by molar-refractivity contribution is 0.145. The van der Waals surface area contributed by atoms with Crippen LogP contribution in [-0.4, -0.2) is 69.0 Å². The minimum atomic E-state index is -1.04. The van der Waals surface area contributed by atoms with Crippen LogP contribution in [0.2, 0.25) is 0 Å². The van der Waals surface area contributed by atoms with Crippen molar-refractivity contribution in [2.75, 3.05) is 25.0 Å². The first-order valence-corrected chi connectivity index (χ1v) is 13.1. The number of aryl methyl sites for hydroxylation is 1. The zero-order chi connectivity index (χ0) is 28.2. The maximum atomic E-state index is 9.73. The predicted octanol–water partition coefficient (Wildman–Crippen LogP) is 5.27. The summed E-state index contributed by atoms with van der Waals surface area (Å²) in [6.07, 6.45) is 7.58. The van der Waals surface area contributed by atoms with Gasteiger partial charge in [-0.2, -0.15) is 10.2 Å². The third-order valence-electron chi connectivity index (χ3n) is 6.75. The molecule has 0 bridgehead atoms. The van der Waals surface area contributed by atoms with Gasteiger partial charge in [-0.05, 0) is 61.3 Å². The SMILES string of the molecule is CC.Cc1cc(Nc2ncnn3ccc(C4CCN(CC(O)=C(O)O)C4)c23)ccc1Oc1ccn2ncnc2c1. The van der Waals surface area contributed by atoms with Gasteiger partial charge in [-0.3, -0.25) is 4.90 Å². The van der Waals surface area contributed by atoms with Crippen molar-refractivity contribution >= 4 is 22.7 Å². The van der Waals surface area contributed by atoms with Gasteiger partial charge >= 0.3 is 5.95 Å². The van der Waals surface area contributed by atoms with Gasteiger partial charge in [0.15, 0.2) is 17.2 Å². The molecule has 5 heterocycles. The number of nitrogens with one attached hydrogen (secondary N) is 1. The van der Waals surface area contributed by atoms with Crippen molar-refractivity contribution in [3.63, 3.8) is 0 Å². The maximum absolute atomic E-state index is 9.73. The molecular formula is C28H32N8O4. The Kier molecular flexibility index (Phi) is 7.69. The number of nitrogens with zero attached hydrogens (tertiary/aromatic N) is 7. The second-order valence-electron chi connectivity index (χ2n) is 9.30. The van der Waals surface area contributed by atoms with E-state index in [0.717, 1.165) is 41.0 Å². The molecule has 6 rings (SSSR count). The summed E-state index contributed by atoms with van der Waals surface area (Å²) in [5.41, 5.74) is 4.48. The van der Waals surface area contributed by atoms with Gasteiger partial charge < -0.3 is 25.4 Å². The highest BCUT2D eigenvalue weighted by atomic mass is 16.5. The summed E-state index contributed by atoms with van der Waals surface area (Å²) >= 11 is 0. The Morgan fingerprint density at radius 1 is 1.00 bits per heavy atom. The van der Waals surface area contributed by atoms with Crippen molar-refractivity contribution in [2.45, 2.75) is 33.1 Å². The molecule has 1 aromatic carbocycles. The number of anilines is 2. The first-order valence-electron chi connectivity index (χ1n) is 13.1. The molecule has 0 radical (unpaired) electrons. The molecule has 12 nitrogen and oxygen atoms in total. The van der Waals surface area contributed by atoms with Crippen LogP contribution in [0, 0.1) is 6.92 Å². The Hall–Kier alpha value is -4.84. The molecule has 40 heavy (non-hydrogen) atoms. The first kappa shape index (κ1) is 26.8. The van der Waals surface area contributed by atoms with Gasteiger partial charge in [-0.25, -0.2) is 19.0 Å². The number of likely N-dealkylation sites (tertiary alicyclic amines) is 1. The van der Waals surface area contributed by atoms with E-state index in [1.807, 2.05) is 68.3 Å². The molecule has 1 atom stereocenters. The van der Waals surface area contributed by atoms with Crippen LogP contribution in [0.5, 0.6) is 11.5 Å². The third kappa shape index (κ3) is 5.47. The van der Waals surface area contributed by atoms with Crippen LogP contribution in [0.3, 0.4) is 0 Å². The molecular weight excluding hydrogens is 512 g/mol. The summed E-state index contributed by atoms with van der Waals surface area (Å²) in [7, 11) is 0. The Morgan fingerprint density at radius 3 is 2.58 bits per heavy atom. The van der Waals surface area contributed by atoms with Gasteiger partial charge in [0.05, 0.1) is 6.54 Å². The van der Waals surface area contributed by atoms with E-state index < -0.39 is 11.7 Å². The number of fused-ring (bicyclic) bond motifs is 2. The van der Waals surface area contributed by atoms with Gasteiger partial charge in [-0.15, -0.1) is 0 Å². The monoisotopic (exact) mass is 544 g/mol. The number of rotatable bonds is 7. The van der Waals surface area contributed by atoms with Crippen molar-refractivity contribution in [3.05, 3.63) is 84.3 Å². The van der Waals surface area contributed by atoms with Crippen LogP contribution in [0.15, 0.2) is 73.2 Å². The van der Waals surface area contributed by atoms with Crippen molar-refractivity contribution in [1.29, 1.82) is 0 Å². The lowest BCUT2D eigenvalue weighted by Crippen LogP contribution is -2.23. The molecule has 1 aliphatic heterocycles. The summed E-state index contributed by atoms with van der Waals surface area (Å²) in [4.78, 5) is 10.7. The van der Waals surface area contributed by atoms with Crippen LogP contribution in [0.1, 0.15) is 37.3 Å². The predicted molar refractivity (Wildman–Crippen MR) is 151 cm³/mol. The van der Waals surface area contributed by atoms with Crippen LogP contribution in [0.25, 0.3) is 11.2 Å². The molecule has 1 saturated heterocycles. The van der Waals surface area contributed by atoms with Crippen LogP contribution >= 0.6 is 0 Å². The van der Waals surface area contributed by atoms with E-state index in [0.29, 0.717) is 23.8 Å². The smallest absolute Gasteiger partial charge is 0.315 e. The van der Waals surface area contributed by atoms with Gasteiger partial charge in [0.1, 0.15) is 29.7 Å². The molecule has 1 aliphatic rings. The Balaban J connectivity index is 0.00000158. The second kappa shape index (κ2) is 11.5. The third-order valence-corrected chi connectivity index (χ3v) is 6.75. The molecule has 0 saturated carbocycles. The largest absolute Gasteiger partial charge is 0.505 e. The number of aliphatic hydroxyl groups is 3. The topological polar surface area (TPSA) is 146 Å². The standard InChI is InChI=1S/C26H26N8O4.C2H6/c1-16-10-18(2-3-22(16)38-19-5-8-33-23(11-19)27-14-29-33)31-25-24-20(6-9-34(24)30-15-28-25)17-4-7-32(12-17)13-21(35)26(36)37;1-2/h2-3,5-6,8-11,14-15,17,35-37H,4,7,12-13H2,1H3,(H,28,30,31);1-2H3. The average molecular weight is 545 g/mol. The van der Waals surface area contributed by atoms with Crippen molar-refractivity contribution in [2.24, 2.45) is 0 Å². The summed E-state index contributed by atoms with van der Waals surface area (Å²) in [6, 6.07) is 11.6.